The van der Waals surface area contributed by atoms with Crippen molar-refractivity contribution in [1.29, 1.82) is 0 Å². The standard InChI is InChI=1S/C24H18N2O6S2/c1-26-21(24(29)25-17-10-6-3-7-11-18(17)27)22(23-19(14-15-33-23)34(26,30)31)32-20(28)13-12-16-8-4-2-5-9-16/h2-15H,1H3,(H,25,27,29). The lowest BCUT2D eigenvalue weighted by Crippen LogP contribution is -2.37. The summed E-state index contributed by atoms with van der Waals surface area (Å²) in [5.41, 5.74) is -0.185. The third-order valence-electron chi connectivity index (χ3n) is 4.88. The van der Waals surface area contributed by atoms with Gasteiger partial charge in [0.05, 0.1) is 10.6 Å². The Balaban J connectivity index is 1.76. The van der Waals surface area contributed by atoms with Crippen molar-refractivity contribution in [1.82, 2.24) is 4.31 Å². The fourth-order valence-corrected chi connectivity index (χ4v) is 5.79. The van der Waals surface area contributed by atoms with Crippen molar-refractivity contribution in [3.8, 4) is 0 Å². The van der Waals surface area contributed by atoms with Crippen LogP contribution in [-0.2, 0) is 24.3 Å². The number of thiophene rings is 1. The highest BCUT2D eigenvalue weighted by molar-refractivity contribution is 7.89. The first-order valence-electron chi connectivity index (χ1n) is 9.96. The lowest BCUT2D eigenvalue weighted by atomic mass is 10.2. The van der Waals surface area contributed by atoms with Crippen LogP contribution >= 0.6 is 11.3 Å². The molecule has 0 spiro atoms. The Kier molecular flexibility index (Phi) is 6.44. The zero-order chi connectivity index (χ0) is 24.3. The molecule has 0 saturated heterocycles. The van der Waals surface area contributed by atoms with E-state index in [1.54, 1.807) is 24.3 Å². The summed E-state index contributed by atoms with van der Waals surface area (Å²) in [5, 5.41) is 3.96. The van der Waals surface area contributed by atoms with E-state index in [0.717, 1.165) is 21.2 Å². The zero-order valence-corrected chi connectivity index (χ0v) is 19.4. The van der Waals surface area contributed by atoms with E-state index in [0.29, 0.717) is 0 Å². The van der Waals surface area contributed by atoms with Gasteiger partial charge in [0.2, 0.25) is 5.43 Å². The van der Waals surface area contributed by atoms with E-state index in [2.05, 4.69) is 5.32 Å². The molecule has 1 N–H and O–H groups in total. The zero-order valence-electron chi connectivity index (χ0n) is 17.8. The summed E-state index contributed by atoms with van der Waals surface area (Å²) in [5.74, 6) is -1.93. The highest BCUT2D eigenvalue weighted by Gasteiger charge is 2.40. The number of nitrogens with zero attached hydrogens (tertiary/aromatic N) is 1. The molecule has 0 aliphatic carbocycles. The first-order valence-corrected chi connectivity index (χ1v) is 12.3. The molecule has 0 bridgehead atoms. The van der Waals surface area contributed by atoms with Gasteiger partial charge in [0.15, 0.2) is 11.5 Å². The number of carbonyl (C=O) groups is 2. The lowest BCUT2D eigenvalue weighted by molar-refractivity contribution is -0.131. The van der Waals surface area contributed by atoms with Crippen molar-refractivity contribution in [2.45, 2.75) is 4.90 Å². The molecule has 3 aromatic rings. The van der Waals surface area contributed by atoms with Crippen LogP contribution < -0.4 is 10.7 Å². The Morgan fingerprint density at radius 1 is 1.00 bits per heavy atom. The Bertz CT molecular complexity index is 1490. The minimum atomic E-state index is -4.07. The normalized spacial score (nSPS) is 14.6. The van der Waals surface area contributed by atoms with Crippen LogP contribution in [-0.4, -0.2) is 31.6 Å². The van der Waals surface area contributed by atoms with Crippen LogP contribution in [0.5, 0.6) is 0 Å². The summed E-state index contributed by atoms with van der Waals surface area (Å²) >= 11 is 1.02. The van der Waals surface area contributed by atoms with Gasteiger partial charge in [-0.25, -0.2) is 13.2 Å². The summed E-state index contributed by atoms with van der Waals surface area (Å²) in [6, 6.07) is 17.7. The predicted octanol–water partition coefficient (Wildman–Crippen LogP) is 3.31. The number of hydrogen-bond donors (Lipinski definition) is 1. The molecule has 1 amide bonds. The average Bonchev–Trinajstić information content (AvgIpc) is 3.24. The van der Waals surface area contributed by atoms with Crippen LogP contribution in [0, 0.1) is 0 Å². The number of rotatable bonds is 5. The van der Waals surface area contributed by atoms with Crippen molar-refractivity contribution in [2.24, 2.45) is 0 Å². The van der Waals surface area contributed by atoms with Gasteiger partial charge in [0, 0.05) is 13.1 Å². The number of hydrogen-bond acceptors (Lipinski definition) is 7. The molecule has 1 aliphatic heterocycles. The molecule has 34 heavy (non-hydrogen) atoms. The Labute approximate surface area is 199 Å². The van der Waals surface area contributed by atoms with Crippen LogP contribution in [0.1, 0.15) is 10.4 Å². The van der Waals surface area contributed by atoms with Crippen molar-refractivity contribution in [2.75, 3.05) is 12.4 Å². The summed E-state index contributed by atoms with van der Waals surface area (Å²) in [6.45, 7) is 0. The van der Waals surface area contributed by atoms with Crippen molar-refractivity contribution in [3.63, 3.8) is 0 Å². The number of ether oxygens (including phenoxy) is 1. The Hall–Kier alpha value is -4.02. The quantitative estimate of drug-likeness (QED) is 0.431. The number of esters is 1. The molecular formula is C24H18N2O6S2. The molecule has 172 valence electrons. The number of fused-ring (bicyclic) bond motifs is 1. The number of anilines is 1. The van der Waals surface area contributed by atoms with E-state index in [9.17, 15) is 22.8 Å². The van der Waals surface area contributed by atoms with E-state index >= 15 is 0 Å². The summed E-state index contributed by atoms with van der Waals surface area (Å²) in [4.78, 5) is 38.1. The molecule has 10 heteroatoms. The van der Waals surface area contributed by atoms with Gasteiger partial charge in [-0.05, 0) is 35.2 Å². The topological polar surface area (TPSA) is 110 Å². The van der Waals surface area contributed by atoms with Gasteiger partial charge in [-0.1, -0.05) is 48.5 Å². The molecule has 0 saturated carbocycles. The van der Waals surface area contributed by atoms with E-state index < -0.39 is 33.0 Å². The molecule has 0 atom stereocenters. The maximum absolute atomic E-state index is 13.2. The molecule has 0 radical (unpaired) electrons. The molecule has 8 nitrogen and oxygen atoms in total. The van der Waals surface area contributed by atoms with Gasteiger partial charge in [0.1, 0.15) is 4.90 Å². The van der Waals surface area contributed by atoms with E-state index in [1.807, 2.05) is 18.2 Å². The molecule has 4 rings (SSSR count). The smallest absolute Gasteiger partial charge is 0.336 e. The van der Waals surface area contributed by atoms with Gasteiger partial charge in [-0.15, -0.1) is 11.3 Å². The largest absolute Gasteiger partial charge is 0.419 e. The Morgan fingerprint density at radius 2 is 1.68 bits per heavy atom. The summed E-state index contributed by atoms with van der Waals surface area (Å²) < 4.78 is 32.2. The number of likely N-dealkylation sites (N-methyl/N-ethyl adjacent to an activating group) is 1. The van der Waals surface area contributed by atoms with Crippen LogP contribution in [0.15, 0.2) is 93.6 Å². The van der Waals surface area contributed by atoms with Crippen molar-refractivity contribution in [3.05, 3.63) is 105 Å². The van der Waals surface area contributed by atoms with E-state index in [1.165, 1.54) is 48.8 Å². The third-order valence-corrected chi connectivity index (χ3v) is 7.72. The van der Waals surface area contributed by atoms with Gasteiger partial charge in [0.25, 0.3) is 15.9 Å². The van der Waals surface area contributed by atoms with Crippen molar-refractivity contribution < 1.29 is 22.7 Å². The molecular weight excluding hydrogens is 476 g/mol. The summed E-state index contributed by atoms with van der Waals surface area (Å²) in [7, 11) is -2.89. The lowest BCUT2D eigenvalue weighted by Gasteiger charge is -2.28. The molecule has 0 unspecified atom stereocenters. The number of sulfonamides is 1. The van der Waals surface area contributed by atoms with Crippen LogP contribution in [0.4, 0.5) is 5.69 Å². The predicted molar refractivity (Wildman–Crippen MR) is 129 cm³/mol. The minimum absolute atomic E-state index is 0.0556. The molecule has 2 heterocycles. The van der Waals surface area contributed by atoms with Gasteiger partial charge >= 0.3 is 5.97 Å². The fraction of sp³-hybridized carbons (Fsp3) is 0.0417. The first-order chi connectivity index (χ1) is 16.3. The minimum Gasteiger partial charge on any atom is -0.419 e. The molecule has 2 aromatic carbocycles. The van der Waals surface area contributed by atoms with E-state index in [-0.39, 0.29) is 21.2 Å². The highest BCUT2D eigenvalue weighted by Crippen LogP contribution is 2.40. The number of carbonyl (C=O) groups excluding carboxylic acids is 2. The fourth-order valence-electron chi connectivity index (χ4n) is 3.20. The number of nitrogens with one attached hydrogen (secondary N) is 1. The van der Waals surface area contributed by atoms with E-state index in [4.69, 9.17) is 4.74 Å². The van der Waals surface area contributed by atoms with Crippen LogP contribution in [0.25, 0.3) is 11.8 Å². The third kappa shape index (κ3) is 4.54. The second kappa shape index (κ2) is 9.46. The van der Waals surface area contributed by atoms with Crippen LogP contribution in [0.2, 0.25) is 0 Å². The number of amides is 1. The van der Waals surface area contributed by atoms with Gasteiger partial charge < -0.3 is 10.1 Å². The number of benzene rings is 1. The van der Waals surface area contributed by atoms with Gasteiger partial charge in [-0.3, -0.25) is 13.9 Å². The van der Waals surface area contributed by atoms with Crippen molar-refractivity contribution >= 4 is 50.8 Å². The highest BCUT2D eigenvalue weighted by atomic mass is 32.2. The molecule has 1 aromatic heterocycles. The molecule has 0 fully saturated rings. The van der Waals surface area contributed by atoms with Crippen LogP contribution in [0.3, 0.4) is 0 Å². The summed E-state index contributed by atoms with van der Waals surface area (Å²) in [6.07, 6.45) is 2.72. The second-order valence-electron chi connectivity index (χ2n) is 7.07. The maximum atomic E-state index is 13.2. The van der Waals surface area contributed by atoms with Gasteiger partial charge in [-0.2, -0.15) is 0 Å². The molecule has 1 aliphatic rings. The second-order valence-corrected chi connectivity index (χ2v) is 9.93. The maximum Gasteiger partial charge on any atom is 0.336 e. The average molecular weight is 495 g/mol. The first kappa shape index (κ1) is 23.1. The SMILES string of the molecule is CN1C(C(=O)Nc2cccccc2=O)=C(OC(=O)C=Cc2ccccc2)c2sccc2S1(=O)=O. The Morgan fingerprint density at radius 3 is 2.41 bits per heavy atom. The monoisotopic (exact) mass is 494 g/mol.